The average Bonchev–Trinajstić information content (AvgIpc) is 2.43. The van der Waals surface area contributed by atoms with E-state index in [1.54, 1.807) is 0 Å². The Balaban J connectivity index is 2.07. The SMILES string of the molecule is C1=Nc2ccccc2OCOc2ccccc2N=1. The second-order valence-corrected chi connectivity index (χ2v) is 3.67. The minimum atomic E-state index is 0.124. The summed E-state index contributed by atoms with van der Waals surface area (Å²) >= 11 is 0. The van der Waals surface area contributed by atoms with Crippen molar-refractivity contribution >= 4 is 17.4 Å². The monoisotopic (exact) mass is 238 g/mol. The maximum atomic E-state index is 5.52. The van der Waals surface area contributed by atoms with E-state index in [9.17, 15) is 0 Å². The first kappa shape index (κ1) is 10.6. The number of nitrogens with zero attached hydrogens (tertiary/aromatic N) is 2. The van der Waals surface area contributed by atoms with Crippen LogP contribution in [0.4, 0.5) is 11.4 Å². The molecule has 0 bridgehead atoms. The molecule has 0 amide bonds. The number of rotatable bonds is 0. The topological polar surface area (TPSA) is 43.2 Å². The fourth-order valence-corrected chi connectivity index (χ4v) is 1.63. The fourth-order valence-electron chi connectivity index (χ4n) is 1.63. The molecule has 0 atom stereocenters. The minimum absolute atomic E-state index is 0.124. The average molecular weight is 238 g/mol. The molecule has 0 radical (unpaired) electrons. The van der Waals surface area contributed by atoms with Gasteiger partial charge in [0, 0.05) is 0 Å². The minimum Gasteiger partial charge on any atom is -0.455 e. The second-order valence-electron chi connectivity index (χ2n) is 3.67. The molecule has 2 aromatic rings. The Hall–Kier alpha value is -2.58. The molecule has 0 saturated heterocycles. The Labute approximate surface area is 104 Å². The number of hydrogen-bond acceptors (Lipinski definition) is 4. The molecular weight excluding hydrogens is 228 g/mol. The van der Waals surface area contributed by atoms with Gasteiger partial charge in [0.15, 0.2) is 0 Å². The Morgan fingerprint density at radius 1 is 0.778 bits per heavy atom. The Kier molecular flexibility index (Phi) is 2.78. The van der Waals surface area contributed by atoms with Gasteiger partial charge in [0.05, 0.1) is 0 Å². The second kappa shape index (κ2) is 4.73. The highest BCUT2D eigenvalue weighted by Gasteiger charge is 2.05. The normalized spacial score (nSPS) is 12.9. The summed E-state index contributed by atoms with van der Waals surface area (Å²) in [7, 11) is 0. The highest BCUT2D eigenvalue weighted by atomic mass is 16.7. The van der Waals surface area contributed by atoms with Crippen LogP contribution < -0.4 is 9.47 Å². The van der Waals surface area contributed by atoms with Crippen LogP contribution in [-0.2, 0) is 0 Å². The van der Waals surface area contributed by atoms with Crippen molar-refractivity contribution in [1.29, 1.82) is 0 Å². The van der Waals surface area contributed by atoms with Crippen molar-refractivity contribution in [3.8, 4) is 11.5 Å². The van der Waals surface area contributed by atoms with Gasteiger partial charge in [0.25, 0.3) is 0 Å². The zero-order valence-electron chi connectivity index (χ0n) is 9.54. The highest BCUT2D eigenvalue weighted by molar-refractivity contribution is 5.64. The fraction of sp³-hybridized carbons (Fsp3) is 0.0714. The summed E-state index contributed by atoms with van der Waals surface area (Å²) in [5.74, 6) is 1.30. The molecular formula is C14H10N2O2. The van der Waals surface area contributed by atoms with E-state index in [-0.39, 0.29) is 6.79 Å². The van der Waals surface area contributed by atoms with Crippen LogP contribution in [0.2, 0.25) is 0 Å². The van der Waals surface area contributed by atoms with Gasteiger partial charge in [-0.05, 0) is 24.3 Å². The lowest BCUT2D eigenvalue weighted by Crippen LogP contribution is -2.06. The van der Waals surface area contributed by atoms with E-state index in [2.05, 4.69) is 16.0 Å². The predicted octanol–water partition coefficient (Wildman–Crippen LogP) is 3.55. The summed E-state index contributed by atoms with van der Waals surface area (Å²) in [5, 5.41) is 0. The molecule has 4 heteroatoms. The van der Waals surface area contributed by atoms with Gasteiger partial charge in [-0.25, -0.2) is 0 Å². The largest absolute Gasteiger partial charge is 0.455 e. The smallest absolute Gasteiger partial charge is 0.231 e. The van der Waals surface area contributed by atoms with Gasteiger partial charge >= 0.3 is 0 Å². The zero-order valence-corrected chi connectivity index (χ0v) is 9.54. The van der Waals surface area contributed by atoms with Crippen LogP contribution >= 0.6 is 0 Å². The van der Waals surface area contributed by atoms with Crippen molar-refractivity contribution in [3.63, 3.8) is 0 Å². The third-order valence-corrected chi connectivity index (χ3v) is 2.50. The molecule has 3 rings (SSSR count). The summed E-state index contributed by atoms with van der Waals surface area (Å²) in [5.41, 5.74) is 1.37. The van der Waals surface area contributed by atoms with Gasteiger partial charge < -0.3 is 9.47 Å². The summed E-state index contributed by atoms with van der Waals surface area (Å²) in [6.45, 7) is 0.124. The first-order chi connectivity index (χ1) is 8.93. The van der Waals surface area contributed by atoms with Gasteiger partial charge in [-0.3, -0.25) is 0 Å². The van der Waals surface area contributed by atoms with E-state index in [0.29, 0.717) is 22.9 Å². The quantitative estimate of drug-likeness (QED) is 0.704. The zero-order chi connectivity index (χ0) is 12.2. The summed E-state index contributed by atoms with van der Waals surface area (Å²) in [6.07, 6.45) is 0. The standard InChI is InChI=1S/C14H10N2O2/c1-3-7-13-11(5-1)15-9-16-12-6-2-4-8-14(12)18-10-17-13/h1-8H,10H2. The van der Waals surface area contributed by atoms with E-state index in [1.165, 1.54) is 0 Å². The van der Waals surface area contributed by atoms with E-state index in [0.717, 1.165) is 0 Å². The highest BCUT2D eigenvalue weighted by Crippen LogP contribution is 2.30. The molecule has 88 valence electrons. The van der Waals surface area contributed by atoms with Crippen LogP contribution in [-0.4, -0.2) is 12.8 Å². The number of benzene rings is 2. The third-order valence-electron chi connectivity index (χ3n) is 2.50. The number of ether oxygens (including phenoxy) is 2. The van der Waals surface area contributed by atoms with Crippen LogP contribution in [0.1, 0.15) is 0 Å². The first-order valence-corrected chi connectivity index (χ1v) is 5.53. The lowest BCUT2D eigenvalue weighted by atomic mass is 10.3. The van der Waals surface area contributed by atoms with Crippen molar-refractivity contribution in [2.45, 2.75) is 0 Å². The summed E-state index contributed by atoms with van der Waals surface area (Å²) < 4.78 is 11.0. The summed E-state index contributed by atoms with van der Waals surface area (Å²) in [6, 6.07) is 17.5. The molecule has 4 nitrogen and oxygen atoms in total. The molecule has 1 aliphatic heterocycles. The van der Waals surface area contributed by atoms with Crippen LogP contribution in [0.3, 0.4) is 0 Å². The van der Waals surface area contributed by atoms with E-state index >= 15 is 0 Å². The van der Waals surface area contributed by atoms with E-state index in [1.807, 2.05) is 48.5 Å². The van der Waals surface area contributed by atoms with Crippen molar-refractivity contribution < 1.29 is 9.47 Å². The molecule has 18 heavy (non-hydrogen) atoms. The number of para-hydroxylation sites is 4. The molecule has 1 aliphatic rings. The molecule has 1 heterocycles. The summed E-state index contributed by atoms with van der Waals surface area (Å²) in [4.78, 5) is 8.30. The van der Waals surface area contributed by atoms with Crippen LogP contribution in [0.25, 0.3) is 0 Å². The van der Waals surface area contributed by atoms with Gasteiger partial charge in [-0.15, -0.1) is 0 Å². The Morgan fingerprint density at radius 3 is 1.83 bits per heavy atom. The van der Waals surface area contributed by atoms with Crippen LogP contribution in [0.15, 0.2) is 58.5 Å². The first-order valence-electron chi connectivity index (χ1n) is 5.53. The Bertz CT molecular complexity index is 580. The number of aliphatic imine (C=N–C) groups is 2. The van der Waals surface area contributed by atoms with Gasteiger partial charge in [0.1, 0.15) is 28.9 Å². The molecule has 0 saturated carbocycles. The van der Waals surface area contributed by atoms with Gasteiger partial charge in [0.2, 0.25) is 6.79 Å². The van der Waals surface area contributed by atoms with Crippen molar-refractivity contribution in [3.05, 3.63) is 48.5 Å². The Morgan fingerprint density at radius 2 is 1.28 bits per heavy atom. The number of hydrogen-bond donors (Lipinski definition) is 0. The van der Waals surface area contributed by atoms with Gasteiger partial charge in [-0.1, -0.05) is 24.3 Å². The molecule has 0 N–H and O–H groups in total. The van der Waals surface area contributed by atoms with E-state index in [4.69, 9.17) is 9.47 Å². The van der Waals surface area contributed by atoms with Crippen molar-refractivity contribution in [2.75, 3.05) is 6.79 Å². The van der Waals surface area contributed by atoms with Gasteiger partial charge in [-0.2, -0.15) is 9.98 Å². The maximum Gasteiger partial charge on any atom is 0.231 e. The molecule has 0 unspecified atom stereocenters. The molecule has 2 aromatic carbocycles. The molecule has 0 aromatic heterocycles. The van der Waals surface area contributed by atoms with E-state index < -0.39 is 0 Å². The van der Waals surface area contributed by atoms with Crippen LogP contribution in [0.5, 0.6) is 11.5 Å². The van der Waals surface area contributed by atoms with Crippen molar-refractivity contribution in [2.24, 2.45) is 9.98 Å². The molecule has 0 aliphatic carbocycles. The lowest BCUT2D eigenvalue weighted by Gasteiger charge is -2.11. The maximum absolute atomic E-state index is 5.52. The predicted molar refractivity (Wildman–Crippen MR) is 68.2 cm³/mol. The van der Waals surface area contributed by atoms with Crippen molar-refractivity contribution in [1.82, 2.24) is 0 Å². The lowest BCUT2D eigenvalue weighted by molar-refractivity contribution is 0.121. The third kappa shape index (κ3) is 2.10. The number of fused-ring (bicyclic) bond motifs is 2. The molecule has 0 spiro atoms. The van der Waals surface area contributed by atoms with Crippen LogP contribution in [0, 0.1) is 0 Å². The molecule has 0 fully saturated rings.